The van der Waals surface area contributed by atoms with Crippen LogP contribution >= 0.6 is 27.3 Å². The van der Waals surface area contributed by atoms with Gasteiger partial charge in [0.05, 0.1) is 20.1 Å². The van der Waals surface area contributed by atoms with E-state index in [0.717, 1.165) is 67.8 Å². The first-order valence-corrected chi connectivity index (χ1v) is 15.1. The summed E-state index contributed by atoms with van der Waals surface area (Å²) in [5.41, 5.74) is 6.12. The second-order valence-corrected chi connectivity index (χ2v) is 12.1. The minimum atomic E-state index is -0.0567. The summed E-state index contributed by atoms with van der Waals surface area (Å²) < 4.78 is 1.07. The number of H-pyrrole nitrogens is 1. The van der Waals surface area contributed by atoms with Gasteiger partial charge in [-0.15, -0.1) is 11.3 Å². The lowest BCUT2D eigenvalue weighted by Gasteiger charge is -2.26. The van der Waals surface area contributed by atoms with Crippen LogP contribution < -0.4 is 5.32 Å². The predicted molar refractivity (Wildman–Crippen MR) is 168 cm³/mol. The monoisotopic (exact) mass is 600 g/mol. The summed E-state index contributed by atoms with van der Waals surface area (Å²) >= 11 is 5.22. The van der Waals surface area contributed by atoms with Crippen molar-refractivity contribution in [3.05, 3.63) is 87.7 Å². The van der Waals surface area contributed by atoms with E-state index in [4.69, 9.17) is 4.98 Å². The van der Waals surface area contributed by atoms with Crippen molar-refractivity contribution in [1.29, 1.82) is 0 Å². The Kier molecular flexibility index (Phi) is 9.24. The quantitative estimate of drug-likeness (QED) is 0.192. The lowest BCUT2D eigenvalue weighted by molar-refractivity contribution is -0.116. The van der Waals surface area contributed by atoms with Gasteiger partial charge < -0.3 is 15.2 Å². The highest BCUT2D eigenvalue weighted by Gasteiger charge is 2.16. The van der Waals surface area contributed by atoms with E-state index in [1.807, 2.05) is 37.3 Å². The number of hydrogen-bond acceptors (Lipinski definition) is 4. The molecule has 2 aromatic carbocycles. The Morgan fingerprint density at radius 3 is 2.33 bits per heavy atom. The van der Waals surface area contributed by atoms with Gasteiger partial charge in [0.1, 0.15) is 5.82 Å². The maximum absolute atomic E-state index is 12.3. The Morgan fingerprint density at radius 1 is 0.974 bits per heavy atom. The summed E-state index contributed by atoms with van der Waals surface area (Å²) in [6, 6.07) is 20.8. The Morgan fingerprint density at radius 2 is 1.67 bits per heavy atom. The van der Waals surface area contributed by atoms with Crippen LogP contribution in [0.15, 0.2) is 76.6 Å². The third-order valence-electron chi connectivity index (χ3n) is 6.86. The number of aromatic amines is 1. The first-order chi connectivity index (χ1) is 19.1. The summed E-state index contributed by atoms with van der Waals surface area (Å²) in [7, 11) is 0. The van der Waals surface area contributed by atoms with E-state index in [9.17, 15) is 4.79 Å². The highest BCUT2D eigenvalue weighted by molar-refractivity contribution is 9.11. The highest BCUT2D eigenvalue weighted by atomic mass is 79.9. The predicted octanol–water partition coefficient (Wildman–Crippen LogP) is 7.88. The lowest BCUT2D eigenvalue weighted by Crippen LogP contribution is -2.37. The molecule has 0 saturated carbocycles. The Hall–Kier alpha value is -3.26. The number of imidazole rings is 1. The Bertz CT molecular complexity index is 1440. The number of benzene rings is 2. The fraction of sp³-hybridized carbons (Fsp3) is 0.250. The van der Waals surface area contributed by atoms with Gasteiger partial charge in [0.2, 0.25) is 5.91 Å². The molecule has 2 N–H and O–H groups in total. The van der Waals surface area contributed by atoms with E-state index in [1.54, 1.807) is 17.4 Å². The first-order valence-electron chi connectivity index (χ1n) is 13.5. The molecule has 0 unspecified atom stereocenters. The van der Waals surface area contributed by atoms with Gasteiger partial charge in [-0.25, -0.2) is 4.98 Å². The summed E-state index contributed by atoms with van der Waals surface area (Å²) in [5.74, 6) is 0.789. The van der Waals surface area contributed by atoms with Crippen LogP contribution in [0.2, 0.25) is 0 Å². The smallest absolute Gasteiger partial charge is 0.244 e. The second kappa shape index (κ2) is 13.2. The number of halogens is 1. The number of likely N-dealkylation sites (tertiary alicyclic amines) is 1. The maximum atomic E-state index is 12.3. The summed E-state index contributed by atoms with van der Waals surface area (Å²) in [6.45, 7) is 5.91. The molecule has 5 rings (SSSR count). The van der Waals surface area contributed by atoms with Crippen LogP contribution in [0.1, 0.15) is 37.3 Å². The topological polar surface area (TPSA) is 61.0 Å². The van der Waals surface area contributed by atoms with Gasteiger partial charge in [0.15, 0.2) is 0 Å². The molecule has 39 heavy (non-hydrogen) atoms. The molecule has 1 fully saturated rings. The maximum Gasteiger partial charge on any atom is 0.244 e. The molecule has 200 valence electrons. The summed E-state index contributed by atoms with van der Waals surface area (Å²) in [6.07, 6.45) is 11.5. The lowest BCUT2D eigenvalue weighted by atomic mass is 10.0. The number of carbonyl (C=O) groups is 1. The SMILES string of the molecule is C/C=C/c1ccc(-c2[nH]c(-c3ccc(Br)s3)nc2-c2ccc(/C=C/C(=O)NCCN3CCCCC3)cc2)cc1. The molecular formula is C32H33BrN4OS. The number of hydrogen-bond donors (Lipinski definition) is 2. The van der Waals surface area contributed by atoms with E-state index >= 15 is 0 Å². The molecule has 0 spiro atoms. The van der Waals surface area contributed by atoms with E-state index in [1.165, 1.54) is 19.3 Å². The first kappa shape index (κ1) is 27.3. The molecular weight excluding hydrogens is 568 g/mol. The van der Waals surface area contributed by atoms with E-state index in [0.29, 0.717) is 6.54 Å². The van der Waals surface area contributed by atoms with E-state index in [-0.39, 0.29) is 5.91 Å². The van der Waals surface area contributed by atoms with Crippen LogP contribution in [-0.4, -0.2) is 47.0 Å². The van der Waals surface area contributed by atoms with Crippen molar-refractivity contribution in [3.8, 4) is 33.2 Å². The molecule has 3 heterocycles. The molecule has 0 radical (unpaired) electrons. The average Bonchev–Trinajstić information content (AvgIpc) is 3.60. The van der Waals surface area contributed by atoms with Crippen LogP contribution in [0.25, 0.3) is 45.4 Å². The average molecular weight is 602 g/mol. The van der Waals surface area contributed by atoms with E-state index in [2.05, 4.69) is 79.7 Å². The molecule has 1 aliphatic rings. The van der Waals surface area contributed by atoms with Crippen LogP contribution in [0.4, 0.5) is 0 Å². The minimum Gasteiger partial charge on any atom is -0.351 e. The van der Waals surface area contributed by atoms with Crippen LogP contribution in [0.5, 0.6) is 0 Å². The summed E-state index contributed by atoms with van der Waals surface area (Å²) in [4.78, 5) is 24.4. The number of thiophene rings is 1. The molecule has 1 aliphatic heterocycles. The largest absolute Gasteiger partial charge is 0.351 e. The Labute approximate surface area is 242 Å². The number of nitrogens with one attached hydrogen (secondary N) is 2. The molecule has 0 atom stereocenters. The molecule has 0 aliphatic carbocycles. The molecule has 0 bridgehead atoms. The van der Waals surface area contributed by atoms with Gasteiger partial charge >= 0.3 is 0 Å². The third-order valence-corrected chi connectivity index (χ3v) is 8.49. The zero-order valence-electron chi connectivity index (χ0n) is 22.1. The van der Waals surface area contributed by atoms with Crippen molar-refractivity contribution in [1.82, 2.24) is 20.2 Å². The second-order valence-electron chi connectivity index (χ2n) is 9.68. The number of piperidine rings is 1. The number of carbonyl (C=O) groups excluding carboxylic acids is 1. The van der Waals surface area contributed by atoms with Gasteiger partial charge in [-0.05, 0) is 78.1 Å². The molecule has 7 heteroatoms. The fourth-order valence-corrected chi connectivity index (χ4v) is 6.14. The van der Waals surface area contributed by atoms with Gasteiger partial charge in [0.25, 0.3) is 0 Å². The molecule has 2 aromatic heterocycles. The van der Waals surface area contributed by atoms with Crippen molar-refractivity contribution in [2.24, 2.45) is 0 Å². The zero-order chi connectivity index (χ0) is 27.0. The number of aromatic nitrogens is 2. The molecule has 5 nitrogen and oxygen atoms in total. The molecule has 1 saturated heterocycles. The van der Waals surface area contributed by atoms with Crippen LogP contribution in [-0.2, 0) is 4.79 Å². The highest BCUT2D eigenvalue weighted by Crippen LogP contribution is 2.36. The number of nitrogens with zero attached hydrogens (tertiary/aromatic N) is 2. The van der Waals surface area contributed by atoms with Crippen molar-refractivity contribution in [3.63, 3.8) is 0 Å². The zero-order valence-corrected chi connectivity index (χ0v) is 24.5. The van der Waals surface area contributed by atoms with Crippen molar-refractivity contribution >= 4 is 45.3 Å². The number of amides is 1. The number of allylic oxidation sites excluding steroid dienone is 1. The van der Waals surface area contributed by atoms with Gasteiger partial charge in [-0.3, -0.25) is 4.79 Å². The van der Waals surface area contributed by atoms with Crippen LogP contribution in [0, 0.1) is 0 Å². The summed E-state index contributed by atoms with van der Waals surface area (Å²) in [5, 5.41) is 3.01. The van der Waals surface area contributed by atoms with Gasteiger partial charge in [0, 0.05) is 30.3 Å². The normalized spacial score (nSPS) is 14.4. The standard InChI is InChI=1S/C32H33BrN4OS/c1-2-6-23-7-12-25(13-8-23)30-31(36-32(35-30)27-16-17-28(33)39-27)26-14-9-24(10-15-26)11-18-29(38)34-19-22-37-20-4-3-5-21-37/h2,6-18H,3-5,19-22H2,1H3,(H,34,38)(H,35,36)/b6-2+,18-11+. The molecule has 1 amide bonds. The van der Waals surface area contributed by atoms with Crippen molar-refractivity contribution < 1.29 is 4.79 Å². The number of rotatable bonds is 9. The van der Waals surface area contributed by atoms with Crippen LogP contribution in [0.3, 0.4) is 0 Å². The fourth-order valence-electron chi connectivity index (χ4n) is 4.81. The Balaban J connectivity index is 1.31. The van der Waals surface area contributed by atoms with E-state index < -0.39 is 0 Å². The molecule has 4 aromatic rings. The van der Waals surface area contributed by atoms with Gasteiger partial charge in [-0.1, -0.05) is 67.1 Å². The van der Waals surface area contributed by atoms with Crippen molar-refractivity contribution in [2.45, 2.75) is 26.2 Å². The van der Waals surface area contributed by atoms with Gasteiger partial charge in [-0.2, -0.15) is 0 Å². The van der Waals surface area contributed by atoms with Crippen molar-refractivity contribution in [2.75, 3.05) is 26.2 Å². The minimum absolute atomic E-state index is 0.0567. The third kappa shape index (κ3) is 7.24.